The van der Waals surface area contributed by atoms with Crippen LogP contribution in [0.2, 0.25) is 5.02 Å². The number of hydrogen-bond donors (Lipinski definition) is 1. The van der Waals surface area contributed by atoms with Crippen LogP contribution in [0.1, 0.15) is 36.3 Å². The second-order valence-corrected chi connectivity index (χ2v) is 7.63. The number of hydrogen-bond acceptors (Lipinski definition) is 4. The minimum atomic E-state index is -4.06. The SMILES string of the molecule is CC/C(C)=N/S(=O)(=O)c1cn(C)c(C(=O)Nc2ccc(F)c(C#N)c2)c1Cl. The molecule has 1 N–H and O–H groups in total. The Labute approximate surface area is 161 Å². The molecule has 0 aliphatic rings. The molecular formula is C17H16ClFN4O3S. The van der Waals surface area contributed by atoms with Gasteiger partial charge in [-0.2, -0.15) is 18.1 Å². The number of nitrogens with zero attached hydrogens (tertiary/aromatic N) is 3. The van der Waals surface area contributed by atoms with Gasteiger partial charge in [-0.15, -0.1) is 0 Å². The highest BCUT2D eigenvalue weighted by molar-refractivity contribution is 7.90. The Morgan fingerprint density at radius 3 is 2.70 bits per heavy atom. The van der Waals surface area contributed by atoms with Crippen molar-refractivity contribution in [1.82, 2.24) is 4.57 Å². The van der Waals surface area contributed by atoms with E-state index in [1.54, 1.807) is 19.9 Å². The highest BCUT2D eigenvalue weighted by Gasteiger charge is 2.27. The summed E-state index contributed by atoms with van der Waals surface area (Å²) in [7, 11) is -2.60. The zero-order chi connectivity index (χ0) is 20.4. The van der Waals surface area contributed by atoms with Crippen molar-refractivity contribution in [3.05, 3.63) is 46.5 Å². The zero-order valence-electron chi connectivity index (χ0n) is 14.7. The standard InChI is InChI=1S/C17H16ClFN4O3S/c1-4-10(2)22-27(25,26)14-9-23(3)16(15(14)18)17(24)21-12-5-6-13(19)11(7-12)8-20/h5-7,9H,4H2,1-3H3,(H,21,24)/b22-10+. The molecule has 0 bridgehead atoms. The lowest BCUT2D eigenvalue weighted by Crippen LogP contribution is -2.16. The van der Waals surface area contributed by atoms with E-state index >= 15 is 0 Å². The Morgan fingerprint density at radius 1 is 1.44 bits per heavy atom. The maximum absolute atomic E-state index is 13.4. The van der Waals surface area contributed by atoms with Crippen molar-refractivity contribution >= 4 is 38.9 Å². The normalized spacial score (nSPS) is 11.9. The summed E-state index contributed by atoms with van der Waals surface area (Å²) in [4.78, 5) is 12.2. The molecule has 0 aliphatic carbocycles. The highest BCUT2D eigenvalue weighted by atomic mass is 35.5. The molecule has 2 rings (SSSR count). The number of halogens is 2. The summed E-state index contributed by atoms with van der Waals surface area (Å²) in [6, 6.07) is 5.15. The first-order valence-electron chi connectivity index (χ1n) is 7.77. The number of aryl methyl sites for hydroxylation is 1. The van der Waals surface area contributed by atoms with Gasteiger partial charge in [-0.05, 0) is 31.5 Å². The summed E-state index contributed by atoms with van der Waals surface area (Å²) in [5.41, 5.74) is 0.219. The Bertz CT molecular complexity index is 1080. The van der Waals surface area contributed by atoms with Crippen LogP contribution in [0.5, 0.6) is 0 Å². The van der Waals surface area contributed by atoms with E-state index in [1.807, 2.05) is 0 Å². The summed E-state index contributed by atoms with van der Waals surface area (Å²) in [5.74, 6) is -1.43. The van der Waals surface area contributed by atoms with Crippen molar-refractivity contribution in [3.63, 3.8) is 0 Å². The number of aromatic nitrogens is 1. The molecule has 0 spiro atoms. The van der Waals surface area contributed by atoms with Gasteiger partial charge >= 0.3 is 0 Å². The van der Waals surface area contributed by atoms with Gasteiger partial charge < -0.3 is 9.88 Å². The van der Waals surface area contributed by atoms with E-state index in [0.29, 0.717) is 12.1 Å². The lowest BCUT2D eigenvalue weighted by atomic mass is 10.2. The van der Waals surface area contributed by atoms with Crippen LogP contribution < -0.4 is 5.32 Å². The van der Waals surface area contributed by atoms with E-state index in [2.05, 4.69) is 9.71 Å². The fourth-order valence-electron chi connectivity index (χ4n) is 2.21. The van der Waals surface area contributed by atoms with Crippen LogP contribution in [-0.4, -0.2) is 24.6 Å². The van der Waals surface area contributed by atoms with E-state index in [1.165, 1.54) is 23.9 Å². The number of anilines is 1. The van der Waals surface area contributed by atoms with Gasteiger partial charge in [0.1, 0.15) is 22.5 Å². The van der Waals surface area contributed by atoms with Crippen molar-refractivity contribution in [3.8, 4) is 6.07 Å². The van der Waals surface area contributed by atoms with Gasteiger partial charge in [0.2, 0.25) is 0 Å². The largest absolute Gasteiger partial charge is 0.344 e. The first-order chi connectivity index (χ1) is 12.6. The molecule has 27 heavy (non-hydrogen) atoms. The number of nitriles is 1. The van der Waals surface area contributed by atoms with Gasteiger partial charge in [-0.3, -0.25) is 4.79 Å². The monoisotopic (exact) mass is 410 g/mol. The molecule has 0 aliphatic heterocycles. The molecule has 1 aromatic heterocycles. The lowest BCUT2D eigenvalue weighted by molar-refractivity contribution is 0.101. The molecule has 1 aromatic carbocycles. The van der Waals surface area contributed by atoms with E-state index in [-0.39, 0.29) is 26.9 Å². The molecular weight excluding hydrogens is 395 g/mol. The third-order valence-corrected chi connectivity index (χ3v) is 5.63. The van der Waals surface area contributed by atoms with Crippen molar-refractivity contribution < 1.29 is 17.6 Å². The summed E-state index contributed by atoms with van der Waals surface area (Å²) >= 11 is 6.14. The van der Waals surface area contributed by atoms with Crippen molar-refractivity contribution in [2.75, 3.05) is 5.32 Å². The Balaban J connectivity index is 2.42. The maximum atomic E-state index is 13.4. The molecule has 0 atom stereocenters. The van der Waals surface area contributed by atoms with Crippen LogP contribution in [0.3, 0.4) is 0 Å². The molecule has 0 radical (unpaired) electrons. The Kier molecular flexibility index (Phi) is 6.03. The first-order valence-corrected chi connectivity index (χ1v) is 9.58. The summed E-state index contributed by atoms with van der Waals surface area (Å²) < 4.78 is 43.1. The molecule has 1 amide bonds. The number of carbonyl (C=O) groups excluding carboxylic acids is 1. The zero-order valence-corrected chi connectivity index (χ0v) is 16.3. The van der Waals surface area contributed by atoms with Gasteiger partial charge in [0.15, 0.2) is 0 Å². The minimum absolute atomic E-state index is 0.109. The van der Waals surface area contributed by atoms with Gasteiger partial charge in [0.05, 0.1) is 10.6 Å². The van der Waals surface area contributed by atoms with Gasteiger partial charge in [-0.25, -0.2) is 4.39 Å². The maximum Gasteiger partial charge on any atom is 0.285 e. The third-order valence-electron chi connectivity index (χ3n) is 3.71. The van der Waals surface area contributed by atoms with E-state index in [9.17, 15) is 17.6 Å². The van der Waals surface area contributed by atoms with Gasteiger partial charge in [-0.1, -0.05) is 18.5 Å². The number of benzene rings is 1. The average molecular weight is 411 g/mol. The number of carbonyl (C=O) groups is 1. The van der Waals surface area contributed by atoms with Crippen LogP contribution >= 0.6 is 11.6 Å². The van der Waals surface area contributed by atoms with E-state index in [0.717, 1.165) is 12.1 Å². The van der Waals surface area contributed by atoms with Crippen molar-refractivity contribution in [2.45, 2.75) is 25.2 Å². The van der Waals surface area contributed by atoms with Crippen LogP contribution in [0.4, 0.5) is 10.1 Å². The number of nitrogens with one attached hydrogen (secondary N) is 1. The predicted molar refractivity (Wildman–Crippen MR) is 100 cm³/mol. The molecule has 0 fully saturated rings. The smallest absolute Gasteiger partial charge is 0.285 e. The first kappa shape index (κ1) is 20.6. The van der Waals surface area contributed by atoms with Crippen LogP contribution in [0, 0.1) is 17.1 Å². The number of rotatable bonds is 5. The molecule has 2 aromatic rings. The Hall–Kier alpha value is -2.70. The minimum Gasteiger partial charge on any atom is -0.344 e. The number of sulfonamides is 1. The van der Waals surface area contributed by atoms with Crippen LogP contribution in [0.15, 0.2) is 33.7 Å². The topological polar surface area (TPSA) is 104 Å². The number of amides is 1. The predicted octanol–water partition coefficient (Wildman–Crippen LogP) is 3.50. The van der Waals surface area contributed by atoms with E-state index < -0.39 is 21.7 Å². The van der Waals surface area contributed by atoms with E-state index in [4.69, 9.17) is 16.9 Å². The third kappa shape index (κ3) is 4.35. The van der Waals surface area contributed by atoms with Gasteiger partial charge in [0, 0.05) is 24.6 Å². The van der Waals surface area contributed by atoms with Crippen LogP contribution in [0.25, 0.3) is 0 Å². The quantitative estimate of drug-likeness (QED) is 0.761. The molecule has 0 saturated heterocycles. The molecule has 0 unspecified atom stereocenters. The fraction of sp³-hybridized carbons (Fsp3) is 0.235. The van der Waals surface area contributed by atoms with Crippen molar-refractivity contribution in [1.29, 1.82) is 5.26 Å². The lowest BCUT2D eigenvalue weighted by Gasteiger charge is -2.07. The summed E-state index contributed by atoms with van der Waals surface area (Å²) in [6.45, 7) is 3.33. The second-order valence-electron chi connectivity index (χ2n) is 5.68. The molecule has 1 heterocycles. The highest BCUT2D eigenvalue weighted by Crippen LogP contribution is 2.29. The fourth-order valence-corrected chi connectivity index (χ4v) is 4.02. The average Bonchev–Trinajstić information content (AvgIpc) is 2.91. The molecule has 10 heteroatoms. The molecule has 142 valence electrons. The molecule has 0 saturated carbocycles. The summed E-state index contributed by atoms with van der Waals surface area (Å²) in [6.07, 6.45) is 1.65. The van der Waals surface area contributed by atoms with Crippen molar-refractivity contribution in [2.24, 2.45) is 11.4 Å². The molecule has 7 nitrogen and oxygen atoms in total. The second kappa shape index (κ2) is 7.90. The summed E-state index contributed by atoms with van der Waals surface area (Å²) in [5, 5.41) is 11.1. The Morgan fingerprint density at radius 2 is 2.11 bits per heavy atom. The van der Waals surface area contributed by atoms with Crippen LogP contribution in [-0.2, 0) is 17.1 Å². The van der Waals surface area contributed by atoms with Gasteiger partial charge in [0.25, 0.3) is 15.9 Å².